The minimum absolute atomic E-state index is 0.113. The molecule has 1 aliphatic rings. The van der Waals surface area contributed by atoms with Crippen molar-refractivity contribution in [1.82, 2.24) is 14.9 Å². The Balaban J connectivity index is 1.67. The van der Waals surface area contributed by atoms with Gasteiger partial charge in [-0.3, -0.25) is 4.79 Å². The topological polar surface area (TPSA) is 73.1 Å². The van der Waals surface area contributed by atoms with Crippen LogP contribution in [0, 0.1) is 24.1 Å². The van der Waals surface area contributed by atoms with E-state index in [1.165, 1.54) is 24.3 Å². The molecule has 0 N–H and O–H groups in total. The lowest BCUT2D eigenvalue weighted by Crippen LogP contribution is -2.49. The number of benzene rings is 1. The third-order valence-corrected chi connectivity index (χ3v) is 3.90. The molecule has 0 spiro atoms. The van der Waals surface area contributed by atoms with Crippen LogP contribution >= 0.6 is 0 Å². The molecule has 1 saturated heterocycles. The molecule has 1 fully saturated rings. The number of hydrogen-bond acceptors (Lipinski definition) is 5. The summed E-state index contributed by atoms with van der Waals surface area (Å²) in [6.07, 6.45) is 0. The second kappa shape index (κ2) is 6.62. The lowest BCUT2D eigenvalue weighted by Gasteiger charge is -2.34. The fourth-order valence-corrected chi connectivity index (χ4v) is 2.64. The largest absolute Gasteiger partial charge is 0.337 e. The molecule has 1 amide bonds. The van der Waals surface area contributed by atoms with E-state index in [2.05, 4.69) is 9.97 Å². The Bertz CT molecular complexity index is 792. The average Bonchev–Trinajstić information content (AvgIpc) is 2.61. The van der Waals surface area contributed by atoms with Crippen molar-refractivity contribution in [3.8, 4) is 6.07 Å². The first-order chi connectivity index (χ1) is 11.6. The van der Waals surface area contributed by atoms with Gasteiger partial charge in [0.25, 0.3) is 5.91 Å². The standard InChI is InChI=1S/C17H16FN5O/c1-12-10-15(11-19)21-17(20-12)23-8-6-22(7-9-23)16(24)13-2-4-14(18)5-3-13/h2-5,10H,6-9H2,1H3. The predicted molar refractivity (Wildman–Crippen MR) is 86.0 cm³/mol. The average molecular weight is 325 g/mol. The van der Waals surface area contributed by atoms with Gasteiger partial charge in [0.15, 0.2) is 0 Å². The monoisotopic (exact) mass is 325 g/mol. The Hall–Kier alpha value is -3.01. The molecule has 1 aliphatic heterocycles. The zero-order chi connectivity index (χ0) is 17.1. The fourth-order valence-electron chi connectivity index (χ4n) is 2.64. The third kappa shape index (κ3) is 3.33. The summed E-state index contributed by atoms with van der Waals surface area (Å²) in [5, 5.41) is 9.01. The minimum Gasteiger partial charge on any atom is -0.337 e. The lowest BCUT2D eigenvalue weighted by atomic mass is 10.2. The van der Waals surface area contributed by atoms with Crippen molar-refractivity contribution in [2.45, 2.75) is 6.92 Å². The Labute approximate surface area is 139 Å². The van der Waals surface area contributed by atoms with Gasteiger partial charge in [0, 0.05) is 37.4 Å². The predicted octanol–water partition coefficient (Wildman–Crippen LogP) is 1.76. The molecule has 3 rings (SSSR count). The molecule has 1 aromatic carbocycles. The van der Waals surface area contributed by atoms with Crippen LogP contribution in [-0.4, -0.2) is 47.0 Å². The molecule has 0 atom stereocenters. The molecule has 24 heavy (non-hydrogen) atoms. The summed E-state index contributed by atoms with van der Waals surface area (Å²) in [4.78, 5) is 24.7. The van der Waals surface area contributed by atoms with Gasteiger partial charge < -0.3 is 9.80 Å². The maximum atomic E-state index is 13.0. The first-order valence-corrected chi connectivity index (χ1v) is 7.62. The van der Waals surface area contributed by atoms with Crippen LogP contribution in [-0.2, 0) is 0 Å². The van der Waals surface area contributed by atoms with Crippen molar-refractivity contribution in [2.24, 2.45) is 0 Å². The van der Waals surface area contributed by atoms with Crippen LogP contribution in [0.25, 0.3) is 0 Å². The molecule has 0 bridgehead atoms. The SMILES string of the molecule is Cc1cc(C#N)nc(N2CCN(C(=O)c3ccc(F)cc3)CC2)n1. The number of amides is 1. The number of aromatic nitrogens is 2. The van der Waals surface area contributed by atoms with E-state index in [4.69, 9.17) is 5.26 Å². The van der Waals surface area contributed by atoms with Crippen LogP contribution in [0.4, 0.5) is 10.3 Å². The van der Waals surface area contributed by atoms with Crippen molar-refractivity contribution >= 4 is 11.9 Å². The summed E-state index contributed by atoms with van der Waals surface area (Å²) in [7, 11) is 0. The van der Waals surface area contributed by atoms with Crippen LogP contribution in [0.5, 0.6) is 0 Å². The first-order valence-electron chi connectivity index (χ1n) is 7.62. The van der Waals surface area contributed by atoms with E-state index < -0.39 is 0 Å². The van der Waals surface area contributed by atoms with Gasteiger partial charge in [-0.25, -0.2) is 14.4 Å². The van der Waals surface area contributed by atoms with Gasteiger partial charge in [-0.05, 0) is 37.3 Å². The molecule has 1 aromatic heterocycles. The number of nitriles is 1. The summed E-state index contributed by atoms with van der Waals surface area (Å²) in [5.41, 5.74) is 1.55. The zero-order valence-electron chi connectivity index (χ0n) is 13.2. The molecule has 0 radical (unpaired) electrons. The number of aryl methyl sites for hydroxylation is 1. The van der Waals surface area contributed by atoms with Gasteiger partial charge in [0.2, 0.25) is 5.95 Å². The van der Waals surface area contributed by atoms with Crippen molar-refractivity contribution in [3.05, 3.63) is 53.1 Å². The van der Waals surface area contributed by atoms with Crippen molar-refractivity contribution in [1.29, 1.82) is 5.26 Å². The summed E-state index contributed by atoms with van der Waals surface area (Å²) in [5.74, 6) is 0.0409. The number of piperazine rings is 1. The molecule has 122 valence electrons. The van der Waals surface area contributed by atoms with E-state index >= 15 is 0 Å². The van der Waals surface area contributed by atoms with Gasteiger partial charge in [-0.1, -0.05) is 0 Å². The minimum atomic E-state index is -0.360. The molecular formula is C17H16FN5O. The van der Waals surface area contributed by atoms with Gasteiger partial charge in [0.05, 0.1) is 0 Å². The number of carbonyl (C=O) groups excluding carboxylic acids is 1. The molecule has 0 saturated carbocycles. The summed E-state index contributed by atoms with van der Waals surface area (Å²) in [6, 6.07) is 9.22. The number of rotatable bonds is 2. The Morgan fingerprint density at radius 3 is 2.46 bits per heavy atom. The molecule has 6 nitrogen and oxygen atoms in total. The number of carbonyl (C=O) groups is 1. The van der Waals surface area contributed by atoms with E-state index in [0.717, 1.165) is 5.69 Å². The quantitative estimate of drug-likeness (QED) is 0.841. The van der Waals surface area contributed by atoms with Crippen LogP contribution in [0.2, 0.25) is 0 Å². The second-order valence-electron chi connectivity index (χ2n) is 5.59. The highest BCUT2D eigenvalue weighted by Crippen LogP contribution is 2.15. The maximum Gasteiger partial charge on any atom is 0.253 e. The van der Waals surface area contributed by atoms with E-state index in [9.17, 15) is 9.18 Å². The highest BCUT2D eigenvalue weighted by Gasteiger charge is 2.23. The molecule has 2 heterocycles. The summed E-state index contributed by atoms with van der Waals surface area (Å²) >= 11 is 0. The molecule has 0 unspecified atom stereocenters. The molecular weight excluding hydrogens is 309 g/mol. The third-order valence-electron chi connectivity index (χ3n) is 3.90. The Kier molecular flexibility index (Phi) is 4.38. The maximum absolute atomic E-state index is 13.0. The summed E-state index contributed by atoms with van der Waals surface area (Å²) in [6.45, 7) is 4.04. The van der Waals surface area contributed by atoms with Crippen LogP contribution < -0.4 is 4.90 Å². The van der Waals surface area contributed by atoms with Gasteiger partial charge >= 0.3 is 0 Å². The fraction of sp³-hybridized carbons (Fsp3) is 0.294. The Morgan fingerprint density at radius 2 is 1.83 bits per heavy atom. The van der Waals surface area contributed by atoms with Crippen LogP contribution in [0.15, 0.2) is 30.3 Å². The van der Waals surface area contributed by atoms with Gasteiger partial charge in [-0.15, -0.1) is 0 Å². The molecule has 0 aliphatic carbocycles. The number of halogens is 1. The van der Waals surface area contributed by atoms with Gasteiger partial charge in [0.1, 0.15) is 17.6 Å². The number of nitrogens with zero attached hydrogens (tertiary/aromatic N) is 5. The van der Waals surface area contributed by atoms with Crippen molar-refractivity contribution < 1.29 is 9.18 Å². The number of anilines is 1. The summed E-state index contributed by atoms with van der Waals surface area (Å²) < 4.78 is 13.0. The van der Waals surface area contributed by atoms with Crippen LogP contribution in [0.3, 0.4) is 0 Å². The van der Waals surface area contributed by atoms with E-state index in [1.807, 2.05) is 17.9 Å². The molecule has 7 heteroatoms. The smallest absolute Gasteiger partial charge is 0.253 e. The highest BCUT2D eigenvalue weighted by molar-refractivity contribution is 5.94. The van der Waals surface area contributed by atoms with Crippen molar-refractivity contribution in [3.63, 3.8) is 0 Å². The van der Waals surface area contributed by atoms with E-state index in [-0.39, 0.29) is 11.7 Å². The zero-order valence-corrected chi connectivity index (χ0v) is 13.2. The Morgan fingerprint density at radius 1 is 1.17 bits per heavy atom. The first kappa shape index (κ1) is 15.9. The van der Waals surface area contributed by atoms with Crippen molar-refractivity contribution in [2.75, 3.05) is 31.1 Å². The van der Waals surface area contributed by atoms with Crippen LogP contribution in [0.1, 0.15) is 21.7 Å². The lowest BCUT2D eigenvalue weighted by molar-refractivity contribution is 0.0746. The second-order valence-corrected chi connectivity index (χ2v) is 5.59. The molecule has 2 aromatic rings. The highest BCUT2D eigenvalue weighted by atomic mass is 19.1. The van der Waals surface area contributed by atoms with E-state index in [0.29, 0.717) is 43.4 Å². The van der Waals surface area contributed by atoms with Gasteiger partial charge in [-0.2, -0.15) is 5.26 Å². The van der Waals surface area contributed by atoms with E-state index in [1.54, 1.807) is 11.0 Å². The number of hydrogen-bond donors (Lipinski definition) is 0. The normalized spacial score (nSPS) is 14.4.